The molecule has 1 aliphatic heterocycles. The highest BCUT2D eigenvalue weighted by molar-refractivity contribution is 6.30. The summed E-state index contributed by atoms with van der Waals surface area (Å²) in [7, 11) is 0. The van der Waals surface area contributed by atoms with Gasteiger partial charge in [-0.2, -0.15) is 5.10 Å². The molecule has 0 aliphatic carbocycles. The molecule has 25 heavy (non-hydrogen) atoms. The van der Waals surface area contributed by atoms with Gasteiger partial charge in [0.15, 0.2) is 0 Å². The molecule has 2 aromatic rings. The maximum atomic E-state index is 12.4. The van der Waals surface area contributed by atoms with Gasteiger partial charge in [0.2, 0.25) is 5.95 Å². The summed E-state index contributed by atoms with van der Waals surface area (Å²) in [6, 6.07) is 7.53. The van der Waals surface area contributed by atoms with Gasteiger partial charge >= 0.3 is 0 Å². The van der Waals surface area contributed by atoms with E-state index in [0.717, 1.165) is 30.6 Å². The minimum absolute atomic E-state index is 0.0644. The van der Waals surface area contributed by atoms with Crippen LogP contribution < -0.4 is 4.90 Å². The van der Waals surface area contributed by atoms with Crippen molar-refractivity contribution in [3.63, 3.8) is 0 Å². The number of piperidine rings is 1. The summed E-state index contributed by atoms with van der Waals surface area (Å²) in [6.45, 7) is 5.69. The number of nitrogens with zero attached hydrogens (tertiary/aromatic N) is 4. The largest absolute Gasteiger partial charge is 0.339 e. The third-order valence-electron chi connectivity index (χ3n) is 4.44. The van der Waals surface area contributed by atoms with E-state index >= 15 is 0 Å². The SMILES string of the molecule is CC(C)CC(=O)[C@H]1CCCN(c2nncc(-c3cccc(Cl)c3)n2)C1. The van der Waals surface area contributed by atoms with Crippen molar-refractivity contribution in [1.29, 1.82) is 0 Å². The van der Waals surface area contributed by atoms with E-state index in [1.807, 2.05) is 24.3 Å². The summed E-state index contributed by atoms with van der Waals surface area (Å²) in [6.07, 6.45) is 4.20. The fourth-order valence-corrected chi connectivity index (χ4v) is 3.40. The van der Waals surface area contributed by atoms with Crippen LogP contribution in [0.15, 0.2) is 30.5 Å². The van der Waals surface area contributed by atoms with E-state index in [-0.39, 0.29) is 5.92 Å². The molecule has 0 radical (unpaired) electrons. The van der Waals surface area contributed by atoms with Crippen molar-refractivity contribution < 1.29 is 4.79 Å². The van der Waals surface area contributed by atoms with Crippen LogP contribution in [0.5, 0.6) is 0 Å². The smallest absolute Gasteiger partial charge is 0.245 e. The summed E-state index contributed by atoms with van der Waals surface area (Å²) in [5.41, 5.74) is 1.65. The van der Waals surface area contributed by atoms with Crippen molar-refractivity contribution in [2.45, 2.75) is 33.1 Å². The van der Waals surface area contributed by atoms with Gasteiger partial charge in [0.05, 0.1) is 11.9 Å². The second-order valence-electron chi connectivity index (χ2n) is 7.00. The standard InChI is InChI=1S/C19H23ClN4O/c1-13(2)9-18(25)15-6-4-8-24(12-15)19-22-17(11-21-23-19)14-5-3-7-16(20)10-14/h3,5,7,10-11,13,15H,4,6,8-9,12H2,1-2H3/t15-/m0/s1. The molecule has 0 saturated carbocycles. The minimum Gasteiger partial charge on any atom is -0.339 e. The van der Waals surface area contributed by atoms with Crippen LogP contribution in [-0.2, 0) is 4.79 Å². The molecule has 1 atom stereocenters. The van der Waals surface area contributed by atoms with Crippen LogP contribution in [0.4, 0.5) is 5.95 Å². The highest BCUT2D eigenvalue weighted by atomic mass is 35.5. The molecule has 6 heteroatoms. The first-order valence-corrected chi connectivity index (χ1v) is 9.14. The third kappa shape index (κ3) is 4.54. The first-order valence-electron chi connectivity index (χ1n) is 8.76. The Bertz CT molecular complexity index is 750. The molecule has 1 aromatic carbocycles. The van der Waals surface area contributed by atoms with Crippen molar-refractivity contribution in [1.82, 2.24) is 15.2 Å². The topological polar surface area (TPSA) is 59.0 Å². The maximum absolute atomic E-state index is 12.4. The second kappa shape index (κ2) is 7.91. The Morgan fingerprint density at radius 3 is 3.00 bits per heavy atom. The average molecular weight is 359 g/mol. The van der Waals surface area contributed by atoms with Gasteiger partial charge in [-0.3, -0.25) is 4.79 Å². The molecule has 1 aliphatic rings. The van der Waals surface area contributed by atoms with Crippen LogP contribution in [0.1, 0.15) is 33.1 Å². The predicted molar refractivity (Wildman–Crippen MR) is 99.7 cm³/mol. The van der Waals surface area contributed by atoms with E-state index < -0.39 is 0 Å². The first kappa shape index (κ1) is 17.8. The normalized spacial score (nSPS) is 17.8. The first-order chi connectivity index (χ1) is 12.0. The highest BCUT2D eigenvalue weighted by Crippen LogP contribution is 2.25. The molecule has 3 rings (SSSR count). The molecule has 1 saturated heterocycles. The van der Waals surface area contributed by atoms with E-state index in [1.165, 1.54) is 0 Å². The fourth-order valence-electron chi connectivity index (χ4n) is 3.21. The van der Waals surface area contributed by atoms with Gasteiger partial charge < -0.3 is 4.90 Å². The second-order valence-corrected chi connectivity index (χ2v) is 7.44. The Morgan fingerprint density at radius 2 is 2.24 bits per heavy atom. The number of Topliss-reactive ketones (excluding diaryl/α,β-unsaturated/α-hetero) is 1. The zero-order valence-corrected chi connectivity index (χ0v) is 15.4. The predicted octanol–water partition coefficient (Wildman–Crippen LogP) is 4.02. The number of carbonyl (C=O) groups excluding carboxylic acids is 1. The van der Waals surface area contributed by atoms with Crippen molar-refractivity contribution >= 4 is 23.3 Å². The molecule has 0 N–H and O–H groups in total. The lowest BCUT2D eigenvalue weighted by Gasteiger charge is -2.32. The Morgan fingerprint density at radius 1 is 1.40 bits per heavy atom. The zero-order valence-electron chi connectivity index (χ0n) is 14.7. The number of anilines is 1. The lowest BCUT2D eigenvalue weighted by atomic mass is 9.89. The Labute approximate surface area is 153 Å². The summed E-state index contributed by atoms with van der Waals surface area (Å²) >= 11 is 6.07. The molecule has 2 heterocycles. The van der Waals surface area contributed by atoms with Gasteiger partial charge in [-0.15, -0.1) is 5.10 Å². The molecular weight excluding hydrogens is 336 g/mol. The molecule has 0 bridgehead atoms. The number of ketones is 1. The quantitative estimate of drug-likeness (QED) is 0.807. The molecule has 5 nitrogen and oxygen atoms in total. The van der Waals surface area contributed by atoms with E-state index in [0.29, 0.717) is 35.6 Å². The van der Waals surface area contributed by atoms with Crippen molar-refractivity contribution in [3.8, 4) is 11.3 Å². The number of benzene rings is 1. The summed E-state index contributed by atoms with van der Waals surface area (Å²) in [5, 5.41) is 8.95. The molecule has 0 spiro atoms. The Hall–Kier alpha value is -2.01. The molecule has 1 fully saturated rings. The number of aromatic nitrogens is 3. The van der Waals surface area contributed by atoms with Crippen LogP contribution >= 0.6 is 11.6 Å². The lowest BCUT2D eigenvalue weighted by Crippen LogP contribution is -2.40. The van der Waals surface area contributed by atoms with Crippen LogP contribution in [0.25, 0.3) is 11.3 Å². The Balaban J connectivity index is 1.77. The summed E-state index contributed by atoms with van der Waals surface area (Å²) < 4.78 is 0. The van der Waals surface area contributed by atoms with Crippen LogP contribution in [0.2, 0.25) is 5.02 Å². The van der Waals surface area contributed by atoms with Gasteiger partial charge in [-0.05, 0) is 30.9 Å². The number of hydrogen-bond donors (Lipinski definition) is 0. The number of rotatable bonds is 5. The van der Waals surface area contributed by atoms with E-state index in [4.69, 9.17) is 11.6 Å². The van der Waals surface area contributed by atoms with E-state index in [1.54, 1.807) is 6.20 Å². The number of carbonyl (C=O) groups is 1. The molecular formula is C19H23ClN4O. The molecule has 0 amide bonds. The summed E-state index contributed by atoms with van der Waals surface area (Å²) in [5.74, 6) is 1.39. The molecule has 1 aromatic heterocycles. The summed E-state index contributed by atoms with van der Waals surface area (Å²) in [4.78, 5) is 19.1. The molecule has 0 unspecified atom stereocenters. The monoisotopic (exact) mass is 358 g/mol. The molecule has 132 valence electrons. The number of halogens is 1. The van der Waals surface area contributed by atoms with Gasteiger partial charge in [-0.25, -0.2) is 4.98 Å². The average Bonchev–Trinajstić information content (AvgIpc) is 2.61. The van der Waals surface area contributed by atoms with E-state index in [2.05, 4.69) is 33.9 Å². The van der Waals surface area contributed by atoms with E-state index in [9.17, 15) is 4.79 Å². The van der Waals surface area contributed by atoms with Gasteiger partial charge in [0, 0.05) is 36.0 Å². The van der Waals surface area contributed by atoms with Crippen molar-refractivity contribution in [2.24, 2.45) is 11.8 Å². The van der Waals surface area contributed by atoms with Crippen molar-refractivity contribution in [2.75, 3.05) is 18.0 Å². The zero-order chi connectivity index (χ0) is 17.8. The van der Waals surface area contributed by atoms with Gasteiger partial charge in [-0.1, -0.05) is 37.6 Å². The maximum Gasteiger partial charge on any atom is 0.245 e. The van der Waals surface area contributed by atoms with Crippen LogP contribution in [0.3, 0.4) is 0 Å². The lowest BCUT2D eigenvalue weighted by molar-refractivity contribution is -0.123. The number of hydrogen-bond acceptors (Lipinski definition) is 5. The van der Waals surface area contributed by atoms with Crippen molar-refractivity contribution in [3.05, 3.63) is 35.5 Å². The van der Waals surface area contributed by atoms with Crippen LogP contribution in [-0.4, -0.2) is 34.1 Å². The minimum atomic E-state index is 0.0644. The van der Waals surface area contributed by atoms with Gasteiger partial charge in [0.1, 0.15) is 5.78 Å². The van der Waals surface area contributed by atoms with Gasteiger partial charge in [0.25, 0.3) is 0 Å². The third-order valence-corrected chi connectivity index (χ3v) is 4.67. The fraction of sp³-hybridized carbons (Fsp3) is 0.474. The van der Waals surface area contributed by atoms with Crippen LogP contribution in [0, 0.1) is 11.8 Å². The highest BCUT2D eigenvalue weighted by Gasteiger charge is 2.27. The Kier molecular flexibility index (Phi) is 5.63.